The van der Waals surface area contributed by atoms with Crippen LogP contribution < -0.4 is 14.8 Å². The van der Waals surface area contributed by atoms with Crippen molar-refractivity contribution in [3.63, 3.8) is 0 Å². The Morgan fingerprint density at radius 3 is 2.52 bits per heavy atom. The van der Waals surface area contributed by atoms with E-state index < -0.39 is 11.7 Å². The summed E-state index contributed by atoms with van der Waals surface area (Å²) in [7, 11) is 0. The first-order valence-corrected chi connectivity index (χ1v) is 10.4. The van der Waals surface area contributed by atoms with Crippen LogP contribution in [-0.2, 0) is 11.3 Å². The van der Waals surface area contributed by atoms with E-state index in [1.54, 1.807) is 12.1 Å². The highest BCUT2D eigenvalue weighted by Gasteiger charge is 2.18. The minimum absolute atomic E-state index is 0.111. The smallest absolute Gasteiger partial charge is 0.408 e. The number of rotatable bonds is 8. The standard InChI is InChI=1S/C25H31NO5/c1-5-21(26-24(28)31-25(2,3)4)13-11-20-12-14-22(17-23(20)29-16-15-27)30-18-19-9-7-6-8-10-19/h6-10,12,14,17,21,27H,5,15-16,18H2,1-4H3,(H,26,28). The average molecular weight is 426 g/mol. The third-order valence-electron chi connectivity index (χ3n) is 4.03. The average Bonchev–Trinajstić information content (AvgIpc) is 2.73. The van der Waals surface area contributed by atoms with Gasteiger partial charge in [-0.1, -0.05) is 49.1 Å². The molecule has 2 aromatic rings. The Morgan fingerprint density at radius 1 is 1.13 bits per heavy atom. The molecule has 166 valence electrons. The molecule has 0 aromatic heterocycles. The van der Waals surface area contributed by atoms with Crippen LogP contribution in [0.25, 0.3) is 0 Å². The molecular formula is C25H31NO5. The molecule has 0 saturated heterocycles. The Bertz CT molecular complexity index is 894. The quantitative estimate of drug-likeness (QED) is 0.617. The van der Waals surface area contributed by atoms with Crippen molar-refractivity contribution in [2.45, 2.75) is 52.4 Å². The second-order valence-electron chi connectivity index (χ2n) is 7.88. The van der Waals surface area contributed by atoms with Crippen molar-refractivity contribution < 1.29 is 24.1 Å². The topological polar surface area (TPSA) is 77.0 Å². The van der Waals surface area contributed by atoms with Crippen molar-refractivity contribution in [1.29, 1.82) is 0 Å². The Kier molecular flexibility index (Phi) is 9.23. The van der Waals surface area contributed by atoms with Crippen LogP contribution in [-0.4, -0.2) is 36.1 Å². The molecule has 1 amide bonds. The third-order valence-corrected chi connectivity index (χ3v) is 4.03. The van der Waals surface area contributed by atoms with Crippen molar-refractivity contribution in [2.75, 3.05) is 13.2 Å². The number of hydrogen-bond acceptors (Lipinski definition) is 5. The minimum Gasteiger partial charge on any atom is -0.490 e. The molecule has 2 aromatic carbocycles. The molecule has 0 aliphatic carbocycles. The van der Waals surface area contributed by atoms with E-state index in [0.717, 1.165) is 5.56 Å². The predicted octanol–water partition coefficient (Wildman–Crippen LogP) is 4.29. The van der Waals surface area contributed by atoms with E-state index >= 15 is 0 Å². The molecule has 0 spiro atoms. The molecular weight excluding hydrogens is 394 g/mol. The summed E-state index contributed by atoms with van der Waals surface area (Å²) in [6.45, 7) is 7.83. The first-order chi connectivity index (χ1) is 14.8. The molecule has 0 bridgehead atoms. The second-order valence-corrected chi connectivity index (χ2v) is 7.88. The minimum atomic E-state index is -0.573. The fourth-order valence-corrected chi connectivity index (χ4v) is 2.57. The van der Waals surface area contributed by atoms with Crippen LogP contribution in [0, 0.1) is 11.8 Å². The number of aliphatic hydroxyl groups excluding tert-OH is 1. The molecule has 0 aliphatic rings. The lowest BCUT2D eigenvalue weighted by Crippen LogP contribution is -2.38. The van der Waals surface area contributed by atoms with E-state index in [1.807, 2.05) is 64.1 Å². The third kappa shape index (κ3) is 9.02. The Balaban J connectivity index is 2.12. The van der Waals surface area contributed by atoms with Crippen molar-refractivity contribution >= 4 is 6.09 Å². The number of ether oxygens (including phenoxy) is 3. The van der Waals surface area contributed by atoms with Gasteiger partial charge in [-0.15, -0.1) is 0 Å². The molecule has 1 atom stereocenters. The van der Waals surface area contributed by atoms with Gasteiger partial charge in [0.05, 0.1) is 18.2 Å². The van der Waals surface area contributed by atoms with E-state index in [0.29, 0.717) is 30.1 Å². The number of nitrogens with one attached hydrogen (secondary N) is 1. The molecule has 0 fully saturated rings. The maximum atomic E-state index is 12.0. The van der Waals surface area contributed by atoms with Gasteiger partial charge in [0.25, 0.3) is 0 Å². The van der Waals surface area contributed by atoms with Gasteiger partial charge in [0.15, 0.2) is 0 Å². The number of benzene rings is 2. The Morgan fingerprint density at radius 2 is 1.87 bits per heavy atom. The number of hydrogen-bond donors (Lipinski definition) is 2. The zero-order valence-electron chi connectivity index (χ0n) is 18.6. The van der Waals surface area contributed by atoms with Gasteiger partial charge >= 0.3 is 6.09 Å². The van der Waals surface area contributed by atoms with E-state index in [-0.39, 0.29) is 19.3 Å². The number of aliphatic hydroxyl groups is 1. The maximum absolute atomic E-state index is 12.0. The SMILES string of the molecule is CCC(C#Cc1ccc(OCc2ccccc2)cc1OCCO)NC(=O)OC(C)(C)C. The van der Waals surface area contributed by atoms with Gasteiger partial charge in [0.1, 0.15) is 30.3 Å². The van der Waals surface area contributed by atoms with E-state index in [9.17, 15) is 4.79 Å². The number of alkyl carbamates (subject to hydrolysis) is 1. The highest BCUT2D eigenvalue weighted by atomic mass is 16.6. The van der Waals surface area contributed by atoms with Crippen molar-refractivity contribution in [2.24, 2.45) is 0 Å². The maximum Gasteiger partial charge on any atom is 0.408 e. The summed E-state index contributed by atoms with van der Waals surface area (Å²) in [6.07, 6.45) is 0.118. The van der Waals surface area contributed by atoms with Crippen LogP contribution in [0.5, 0.6) is 11.5 Å². The van der Waals surface area contributed by atoms with E-state index in [1.165, 1.54) is 0 Å². The lowest BCUT2D eigenvalue weighted by atomic mass is 10.1. The van der Waals surface area contributed by atoms with Crippen LogP contribution in [0.3, 0.4) is 0 Å². The summed E-state index contributed by atoms with van der Waals surface area (Å²) in [4.78, 5) is 12.0. The van der Waals surface area contributed by atoms with Crippen molar-refractivity contribution in [1.82, 2.24) is 5.32 Å². The molecule has 1 unspecified atom stereocenters. The second kappa shape index (κ2) is 11.9. The van der Waals surface area contributed by atoms with Gasteiger partial charge in [-0.2, -0.15) is 0 Å². The fourth-order valence-electron chi connectivity index (χ4n) is 2.57. The van der Waals surface area contributed by atoms with Crippen LogP contribution in [0.15, 0.2) is 48.5 Å². The summed E-state index contributed by atoms with van der Waals surface area (Å²) >= 11 is 0. The monoisotopic (exact) mass is 425 g/mol. The molecule has 6 heteroatoms. The highest BCUT2D eigenvalue weighted by molar-refractivity contribution is 5.68. The zero-order valence-corrected chi connectivity index (χ0v) is 18.6. The molecule has 0 saturated carbocycles. The van der Waals surface area contributed by atoms with Gasteiger partial charge in [-0.05, 0) is 44.9 Å². The van der Waals surface area contributed by atoms with Crippen molar-refractivity contribution in [3.05, 3.63) is 59.7 Å². The predicted molar refractivity (Wildman–Crippen MR) is 120 cm³/mol. The molecule has 2 rings (SSSR count). The Labute approximate surface area is 184 Å². The highest BCUT2D eigenvalue weighted by Crippen LogP contribution is 2.25. The molecule has 6 nitrogen and oxygen atoms in total. The van der Waals surface area contributed by atoms with E-state index in [4.69, 9.17) is 19.3 Å². The molecule has 0 heterocycles. The van der Waals surface area contributed by atoms with Crippen LogP contribution in [0.1, 0.15) is 45.2 Å². The number of amides is 1. The van der Waals surface area contributed by atoms with Gasteiger partial charge in [-0.3, -0.25) is 0 Å². The van der Waals surface area contributed by atoms with Crippen molar-refractivity contribution in [3.8, 4) is 23.3 Å². The molecule has 0 radical (unpaired) electrons. The number of carbonyl (C=O) groups excluding carboxylic acids is 1. The van der Waals surface area contributed by atoms with Gasteiger partial charge in [-0.25, -0.2) is 4.79 Å². The van der Waals surface area contributed by atoms with Crippen LogP contribution >= 0.6 is 0 Å². The molecule has 0 aliphatic heterocycles. The largest absolute Gasteiger partial charge is 0.490 e. The summed E-state index contributed by atoms with van der Waals surface area (Å²) in [6, 6.07) is 14.9. The van der Waals surface area contributed by atoms with Crippen LogP contribution in [0.4, 0.5) is 4.79 Å². The lowest BCUT2D eigenvalue weighted by molar-refractivity contribution is 0.0515. The van der Waals surface area contributed by atoms with Gasteiger partial charge in [0.2, 0.25) is 0 Å². The van der Waals surface area contributed by atoms with Crippen LogP contribution in [0.2, 0.25) is 0 Å². The molecule has 31 heavy (non-hydrogen) atoms. The zero-order chi connectivity index (χ0) is 22.7. The van der Waals surface area contributed by atoms with Gasteiger partial charge in [0, 0.05) is 6.07 Å². The number of carbonyl (C=O) groups is 1. The Hall–Kier alpha value is -3.17. The fraction of sp³-hybridized carbons (Fsp3) is 0.400. The molecule has 2 N–H and O–H groups in total. The summed E-state index contributed by atoms with van der Waals surface area (Å²) < 4.78 is 16.8. The lowest BCUT2D eigenvalue weighted by Gasteiger charge is -2.21. The first kappa shape index (κ1) is 24.1. The normalized spacial score (nSPS) is 11.6. The first-order valence-electron chi connectivity index (χ1n) is 10.4. The summed E-state index contributed by atoms with van der Waals surface area (Å²) in [5, 5.41) is 11.9. The summed E-state index contributed by atoms with van der Waals surface area (Å²) in [5.41, 5.74) is 1.13. The van der Waals surface area contributed by atoms with Gasteiger partial charge < -0.3 is 24.6 Å². The summed E-state index contributed by atoms with van der Waals surface area (Å²) in [5.74, 6) is 7.26. The van der Waals surface area contributed by atoms with E-state index in [2.05, 4.69) is 17.2 Å².